The van der Waals surface area contributed by atoms with Gasteiger partial charge in [-0.25, -0.2) is 0 Å². The topological polar surface area (TPSA) is 56.9 Å². The fourth-order valence-corrected chi connectivity index (χ4v) is 3.60. The third kappa shape index (κ3) is 2.53. The van der Waals surface area contributed by atoms with E-state index in [1.807, 2.05) is 6.07 Å². The molecule has 19 heavy (non-hydrogen) atoms. The molecule has 2 atom stereocenters. The second-order valence-electron chi connectivity index (χ2n) is 5.33. The lowest BCUT2D eigenvalue weighted by Gasteiger charge is -2.19. The standard InChI is InChI=1S/C14H19N3OS/c1-8-5-11-13(19-8)6-12(17-11)14(18)16-9(2)10-3-4-15-7-10/h5-6,9-10,15,17H,3-4,7H2,1-2H3,(H,16,18). The number of aryl methyl sites for hydroxylation is 1. The number of carbonyl (C=O) groups is 1. The molecule has 1 aliphatic rings. The summed E-state index contributed by atoms with van der Waals surface area (Å²) in [6.45, 7) is 6.22. The maximum atomic E-state index is 12.2. The van der Waals surface area contributed by atoms with Gasteiger partial charge in [-0.05, 0) is 51.4 Å². The maximum Gasteiger partial charge on any atom is 0.267 e. The molecule has 2 unspecified atom stereocenters. The molecule has 4 nitrogen and oxygen atoms in total. The van der Waals surface area contributed by atoms with Crippen molar-refractivity contribution in [3.63, 3.8) is 0 Å². The molecule has 1 amide bonds. The molecule has 1 saturated heterocycles. The van der Waals surface area contributed by atoms with E-state index in [-0.39, 0.29) is 11.9 Å². The number of hydrogen-bond donors (Lipinski definition) is 3. The molecule has 0 spiro atoms. The zero-order valence-electron chi connectivity index (χ0n) is 11.2. The van der Waals surface area contributed by atoms with E-state index in [1.165, 1.54) is 4.88 Å². The third-order valence-electron chi connectivity index (χ3n) is 3.84. The van der Waals surface area contributed by atoms with E-state index < -0.39 is 0 Å². The van der Waals surface area contributed by atoms with Gasteiger partial charge in [0.2, 0.25) is 0 Å². The zero-order valence-corrected chi connectivity index (χ0v) is 12.1. The minimum Gasteiger partial charge on any atom is -0.350 e. The molecule has 5 heteroatoms. The fraction of sp³-hybridized carbons (Fsp3) is 0.500. The van der Waals surface area contributed by atoms with Crippen molar-refractivity contribution in [2.24, 2.45) is 5.92 Å². The molecule has 0 bridgehead atoms. The Morgan fingerprint density at radius 1 is 1.53 bits per heavy atom. The van der Waals surface area contributed by atoms with Crippen LogP contribution in [-0.4, -0.2) is 30.0 Å². The van der Waals surface area contributed by atoms with Gasteiger partial charge in [-0.1, -0.05) is 0 Å². The lowest BCUT2D eigenvalue weighted by molar-refractivity contribution is 0.0924. The summed E-state index contributed by atoms with van der Waals surface area (Å²) >= 11 is 1.71. The third-order valence-corrected chi connectivity index (χ3v) is 4.84. The Labute approximate surface area is 116 Å². The molecule has 1 fully saturated rings. The number of amides is 1. The molecule has 0 radical (unpaired) electrons. The maximum absolute atomic E-state index is 12.2. The number of rotatable bonds is 3. The van der Waals surface area contributed by atoms with Gasteiger partial charge in [0.1, 0.15) is 5.69 Å². The highest BCUT2D eigenvalue weighted by atomic mass is 32.1. The van der Waals surface area contributed by atoms with Crippen LogP contribution >= 0.6 is 11.3 Å². The molecule has 2 aromatic rings. The first kappa shape index (κ1) is 12.7. The SMILES string of the molecule is Cc1cc2[nH]c(C(=O)NC(C)C3CCNC3)cc2s1. The summed E-state index contributed by atoms with van der Waals surface area (Å²) in [6.07, 6.45) is 1.14. The first-order valence-corrected chi connectivity index (χ1v) is 7.56. The van der Waals surface area contributed by atoms with E-state index in [4.69, 9.17) is 0 Å². The van der Waals surface area contributed by atoms with E-state index in [1.54, 1.807) is 11.3 Å². The smallest absolute Gasteiger partial charge is 0.267 e. The summed E-state index contributed by atoms with van der Waals surface area (Å²) in [4.78, 5) is 16.7. The van der Waals surface area contributed by atoms with Crippen LogP contribution in [0, 0.1) is 12.8 Å². The van der Waals surface area contributed by atoms with Gasteiger partial charge >= 0.3 is 0 Å². The molecule has 102 valence electrons. The largest absolute Gasteiger partial charge is 0.350 e. The van der Waals surface area contributed by atoms with Crippen LogP contribution in [-0.2, 0) is 0 Å². The summed E-state index contributed by atoms with van der Waals surface area (Å²) in [5.41, 5.74) is 1.72. The molecular weight excluding hydrogens is 258 g/mol. The number of hydrogen-bond acceptors (Lipinski definition) is 3. The van der Waals surface area contributed by atoms with Gasteiger partial charge in [0.05, 0.1) is 10.2 Å². The number of carbonyl (C=O) groups excluding carboxylic acids is 1. The summed E-state index contributed by atoms with van der Waals surface area (Å²) in [5.74, 6) is 0.544. The first-order chi connectivity index (χ1) is 9.13. The van der Waals surface area contributed by atoms with Crippen LogP contribution in [0.4, 0.5) is 0 Å². The second kappa shape index (κ2) is 4.98. The van der Waals surface area contributed by atoms with Crippen molar-refractivity contribution in [1.29, 1.82) is 0 Å². The van der Waals surface area contributed by atoms with Gasteiger partial charge in [0.25, 0.3) is 5.91 Å². The quantitative estimate of drug-likeness (QED) is 0.806. The van der Waals surface area contributed by atoms with Crippen LogP contribution in [0.25, 0.3) is 10.2 Å². The molecule has 2 aromatic heterocycles. The zero-order chi connectivity index (χ0) is 13.4. The van der Waals surface area contributed by atoms with Crippen molar-refractivity contribution in [3.8, 4) is 0 Å². The fourth-order valence-electron chi connectivity index (χ4n) is 2.68. The second-order valence-corrected chi connectivity index (χ2v) is 6.62. The van der Waals surface area contributed by atoms with E-state index in [2.05, 4.69) is 35.5 Å². The summed E-state index contributed by atoms with van der Waals surface area (Å²) in [6, 6.07) is 4.24. The van der Waals surface area contributed by atoms with Gasteiger partial charge in [-0.3, -0.25) is 4.79 Å². The monoisotopic (exact) mass is 277 g/mol. The highest BCUT2D eigenvalue weighted by Crippen LogP contribution is 2.25. The van der Waals surface area contributed by atoms with Crippen LogP contribution in [0.5, 0.6) is 0 Å². The van der Waals surface area contributed by atoms with E-state index in [0.717, 1.165) is 29.7 Å². The minimum atomic E-state index is 0.000420. The van der Waals surface area contributed by atoms with Crippen LogP contribution in [0.2, 0.25) is 0 Å². The van der Waals surface area contributed by atoms with E-state index >= 15 is 0 Å². The average molecular weight is 277 g/mol. The summed E-state index contributed by atoms with van der Waals surface area (Å²) in [7, 11) is 0. The highest BCUT2D eigenvalue weighted by Gasteiger charge is 2.23. The highest BCUT2D eigenvalue weighted by molar-refractivity contribution is 7.19. The summed E-state index contributed by atoms with van der Waals surface area (Å²) in [5, 5.41) is 6.43. The normalized spacial score (nSPS) is 20.8. The van der Waals surface area contributed by atoms with Gasteiger partial charge in [-0.15, -0.1) is 11.3 Å². The van der Waals surface area contributed by atoms with Crippen molar-refractivity contribution in [3.05, 3.63) is 22.7 Å². The lowest BCUT2D eigenvalue weighted by Crippen LogP contribution is -2.39. The predicted molar refractivity (Wildman–Crippen MR) is 78.8 cm³/mol. The Bertz CT molecular complexity index is 563. The molecule has 3 heterocycles. The van der Waals surface area contributed by atoms with Crippen LogP contribution in [0.15, 0.2) is 12.1 Å². The number of fused-ring (bicyclic) bond motifs is 1. The number of aromatic amines is 1. The number of aromatic nitrogens is 1. The van der Waals surface area contributed by atoms with E-state index in [0.29, 0.717) is 11.6 Å². The lowest BCUT2D eigenvalue weighted by atomic mass is 10.0. The Kier molecular flexibility index (Phi) is 3.33. The number of nitrogens with one attached hydrogen (secondary N) is 3. The van der Waals surface area contributed by atoms with Gasteiger partial charge < -0.3 is 15.6 Å². The molecule has 1 aliphatic heterocycles. The first-order valence-electron chi connectivity index (χ1n) is 6.74. The molecule has 0 saturated carbocycles. The van der Waals surface area contributed by atoms with E-state index in [9.17, 15) is 4.79 Å². The van der Waals surface area contributed by atoms with Crippen molar-refractivity contribution >= 4 is 27.5 Å². The average Bonchev–Trinajstić information content (AvgIpc) is 3.01. The number of H-pyrrole nitrogens is 1. The van der Waals surface area contributed by atoms with Crippen molar-refractivity contribution in [2.45, 2.75) is 26.3 Å². The van der Waals surface area contributed by atoms with Crippen molar-refractivity contribution < 1.29 is 4.79 Å². The molecule has 3 rings (SSSR count). The van der Waals surface area contributed by atoms with Crippen molar-refractivity contribution in [2.75, 3.05) is 13.1 Å². The van der Waals surface area contributed by atoms with Gasteiger partial charge in [0, 0.05) is 10.9 Å². The summed E-state index contributed by atoms with van der Waals surface area (Å²) < 4.78 is 1.15. The van der Waals surface area contributed by atoms with Gasteiger partial charge in [0.15, 0.2) is 0 Å². The molecular formula is C14H19N3OS. The number of thiophene rings is 1. The Hall–Kier alpha value is -1.33. The predicted octanol–water partition coefficient (Wildman–Crippen LogP) is 2.27. The van der Waals surface area contributed by atoms with Gasteiger partial charge in [-0.2, -0.15) is 0 Å². The van der Waals surface area contributed by atoms with Crippen LogP contribution < -0.4 is 10.6 Å². The van der Waals surface area contributed by atoms with Crippen LogP contribution in [0.3, 0.4) is 0 Å². The Morgan fingerprint density at radius 3 is 3.05 bits per heavy atom. The Morgan fingerprint density at radius 2 is 2.37 bits per heavy atom. The minimum absolute atomic E-state index is 0.000420. The van der Waals surface area contributed by atoms with Crippen LogP contribution in [0.1, 0.15) is 28.7 Å². The molecule has 0 aliphatic carbocycles. The molecule has 0 aromatic carbocycles. The Balaban J connectivity index is 1.70. The molecule has 3 N–H and O–H groups in total. The van der Waals surface area contributed by atoms with Crippen molar-refractivity contribution in [1.82, 2.24) is 15.6 Å².